The average Bonchev–Trinajstić information content (AvgIpc) is 2.66. The molecule has 0 spiro atoms. The number of benzene rings is 3. The molecule has 0 N–H and O–H groups in total. The highest BCUT2D eigenvalue weighted by atomic mass is 31.1. The van der Waals surface area contributed by atoms with Crippen molar-refractivity contribution in [2.45, 2.75) is 0 Å². The van der Waals surface area contributed by atoms with Crippen LogP contribution < -0.4 is 15.1 Å². The van der Waals surface area contributed by atoms with Crippen LogP contribution in [-0.2, 0) is 0 Å². The van der Waals surface area contributed by atoms with Gasteiger partial charge < -0.3 is 4.52 Å². The van der Waals surface area contributed by atoms with E-state index in [1.165, 1.54) is 0 Å². The van der Waals surface area contributed by atoms with Gasteiger partial charge in [0.1, 0.15) is 0 Å². The van der Waals surface area contributed by atoms with E-state index in [0.717, 1.165) is 0 Å². The molecule has 0 aliphatic rings. The molecule has 0 bridgehead atoms. The van der Waals surface area contributed by atoms with Gasteiger partial charge in [-0.3, -0.25) is 0 Å². The molecule has 0 unspecified atom stereocenters. The highest BCUT2D eigenvalue weighted by Gasteiger charge is 2.30. The van der Waals surface area contributed by atoms with E-state index >= 15 is 0 Å². The zero-order valence-corrected chi connectivity index (χ0v) is 13.4. The molecular weight excluding hydrogens is 358 g/mol. The largest absolute Gasteiger partial charge is 0.458 e. The highest BCUT2D eigenvalue weighted by Crippen LogP contribution is 2.40. The van der Waals surface area contributed by atoms with Gasteiger partial charge in [0.05, 0.1) is 0 Å². The Bertz CT molecular complexity index is 818. The molecule has 0 heterocycles. The molecule has 3 rings (SSSR count). The van der Waals surface area contributed by atoms with Crippen LogP contribution in [0.2, 0.25) is 0 Å². The Hall–Kier alpha value is -2.46. The molecule has 0 saturated carbocycles. The summed E-state index contributed by atoms with van der Waals surface area (Å²) in [5, 5.41) is 1.13. The van der Waals surface area contributed by atoms with Crippen molar-refractivity contribution < 1.29 is 26.5 Å². The zero-order valence-electron chi connectivity index (χ0n) is 12.5. The second-order valence-electron chi connectivity index (χ2n) is 4.96. The van der Waals surface area contributed by atoms with Crippen molar-refractivity contribution in [3.05, 3.63) is 89.7 Å². The van der Waals surface area contributed by atoms with Gasteiger partial charge in [0.2, 0.25) is 34.8 Å². The lowest BCUT2D eigenvalue weighted by Crippen LogP contribution is -2.17. The fourth-order valence-corrected chi connectivity index (χ4v) is 3.88. The lowest BCUT2D eigenvalue weighted by molar-refractivity contribution is 0.354. The molecule has 7 heteroatoms. The summed E-state index contributed by atoms with van der Waals surface area (Å²) in [6.07, 6.45) is 0. The van der Waals surface area contributed by atoms with Crippen molar-refractivity contribution in [3.8, 4) is 5.75 Å². The molecule has 0 aromatic heterocycles. The van der Waals surface area contributed by atoms with Crippen molar-refractivity contribution in [1.82, 2.24) is 0 Å². The minimum atomic E-state index is -2.22. The number of hydrogen-bond acceptors (Lipinski definition) is 1. The highest BCUT2D eigenvalue weighted by molar-refractivity contribution is 7.68. The third-order valence-electron chi connectivity index (χ3n) is 3.33. The second kappa shape index (κ2) is 7.19. The fraction of sp³-hybridized carbons (Fsp3) is 0. The van der Waals surface area contributed by atoms with Gasteiger partial charge in [-0.1, -0.05) is 60.7 Å². The molecule has 25 heavy (non-hydrogen) atoms. The normalized spacial score (nSPS) is 11.0. The van der Waals surface area contributed by atoms with Crippen LogP contribution >= 0.6 is 8.15 Å². The van der Waals surface area contributed by atoms with Crippen LogP contribution in [0.5, 0.6) is 5.75 Å². The van der Waals surface area contributed by atoms with Crippen molar-refractivity contribution in [3.63, 3.8) is 0 Å². The smallest absolute Gasteiger partial charge is 0.207 e. The molecule has 3 aromatic rings. The fourth-order valence-electron chi connectivity index (χ4n) is 2.14. The topological polar surface area (TPSA) is 9.23 Å². The molecule has 0 radical (unpaired) electrons. The lowest BCUT2D eigenvalue weighted by Gasteiger charge is -2.20. The van der Waals surface area contributed by atoms with Crippen molar-refractivity contribution in [2.75, 3.05) is 0 Å². The SMILES string of the molecule is Fc1c(F)c(F)c(OP(c2ccccc2)c2ccccc2)c(F)c1F. The van der Waals surface area contributed by atoms with Gasteiger partial charge in [-0.25, -0.2) is 13.2 Å². The Labute approximate surface area is 141 Å². The van der Waals surface area contributed by atoms with Crippen molar-refractivity contribution in [2.24, 2.45) is 0 Å². The first kappa shape index (κ1) is 17.4. The summed E-state index contributed by atoms with van der Waals surface area (Å²) in [4.78, 5) is 0. The molecule has 0 fully saturated rings. The Morgan fingerprint density at radius 1 is 0.520 bits per heavy atom. The van der Waals surface area contributed by atoms with E-state index in [0.29, 0.717) is 10.6 Å². The lowest BCUT2D eigenvalue weighted by atomic mass is 10.3. The van der Waals surface area contributed by atoms with Crippen molar-refractivity contribution in [1.29, 1.82) is 0 Å². The predicted octanol–water partition coefficient (Wildman–Crippen LogP) is 4.81. The van der Waals surface area contributed by atoms with Crippen LogP contribution in [0.4, 0.5) is 22.0 Å². The van der Waals surface area contributed by atoms with Crippen LogP contribution in [0.25, 0.3) is 0 Å². The van der Waals surface area contributed by atoms with Gasteiger partial charge in [-0.05, 0) is 0 Å². The monoisotopic (exact) mass is 368 g/mol. The first-order valence-corrected chi connectivity index (χ1v) is 8.36. The Morgan fingerprint density at radius 2 is 0.880 bits per heavy atom. The molecule has 0 saturated heterocycles. The second-order valence-corrected chi connectivity index (χ2v) is 6.76. The third-order valence-corrected chi connectivity index (χ3v) is 5.23. The third kappa shape index (κ3) is 3.35. The van der Waals surface area contributed by atoms with Crippen LogP contribution in [0.15, 0.2) is 60.7 Å². The van der Waals surface area contributed by atoms with E-state index in [1.807, 2.05) is 0 Å². The van der Waals surface area contributed by atoms with E-state index in [9.17, 15) is 22.0 Å². The standard InChI is InChI=1S/C18H10F5OP/c19-13-14(20)16(22)18(17(23)15(13)21)24-25(11-7-3-1-4-8-11)12-9-5-2-6-10-12/h1-10H. The van der Waals surface area contributed by atoms with E-state index in [4.69, 9.17) is 4.52 Å². The molecular formula is C18H10F5OP. The van der Waals surface area contributed by atoms with Gasteiger partial charge in [0.25, 0.3) is 0 Å². The summed E-state index contributed by atoms with van der Waals surface area (Å²) in [5.74, 6) is -11.6. The summed E-state index contributed by atoms with van der Waals surface area (Å²) < 4.78 is 73.3. The molecule has 3 aromatic carbocycles. The number of hydrogen-bond donors (Lipinski definition) is 0. The van der Waals surface area contributed by atoms with Gasteiger partial charge >= 0.3 is 0 Å². The maximum Gasteiger partial charge on any atom is 0.207 e. The summed E-state index contributed by atoms with van der Waals surface area (Å²) in [7, 11) is -1.83. The first-order valence-electron chi connectivity index (χ1n) is 7.10. The molecule has 1 nitrogen and oxygen atoms in total. The maximum atomic E-state index is 14.0. The van der Waals surface area contributed by atoms with Crippen LogP contribution in [0.1, 0.15) is 0 Å². The molecule has 128 valence electrons. The van der Waals surface area contributed by atoms with E-state index in [1.54, 1.807) is 60.7 Å². The van der Waals surface area contributed by atoms with E-state index in [2.05, 4.69) is 0 Å². The predicted molar refractivity (Wildman–Crippen MR) is 85.9 cm³/mol. The van der Waals surface area contributed by atoms with Gasteiger partial charge in [0.15, 0.2) is 8.15 Å². The first-order chi connectivity index (χ1) is 12.0. The minimum absolute atomic E-state index is 0.563. The van der Waals surface area contributed by atoms with Crippen LogP contribution in [0.3, 0.4) is 0 Å². The molecule has 0 amide bonds. The van der Waals surface area contributed by atoms with Gasteiger partial charge in [0, 0.05) is 10.6 Å². The van der Waals surface area contributed by atoms with E-state index < -0.39 is 43.0 Å². The molecule has 0 aliphatic heterocycles. The Kier molecular flexibility index (Phi) is 5.00. The Balaban J connectivity index is 2.12. The summed E-state index contributed by atoms with van der Waals surface area (Å²) in [6, 6.07) is 16.9. The summed E-state index contributed by atoms with van der Waals surface area (Å²) in [5.41, 5.74) is 0. The van der Waals surface area contributed by atoms with Crippen molar-refractivity contribution >= 4 is 18.8 Å². The zero-order chi connectivity index (χ0) is 18.0. The van der Waals surface area contributed by atoms with Crippen LogP contribution in [0, 0.1) is 29.1 Å². The molecule has 0 aliphatic carbocycles. The summed E-state index contributed by atoms with van der Waals surface area (Å²) >= 11 is 0. The summed E-state index contributed by atoms with van der Waals surface area (Å²) in [6.45, 7) is 0. The van der Waals surface area contributed by atoms with Gasteiger partial charge in [-0.15, -0.1) is 0 Å². The van der Waals surface area contributed by atoms with E-state index in [-0.39, 0.29) is 0 Å². The molecule has 0 atom stereocenters. The Morgan fingerprint density at radius 3 is 1.28 bits per heavy atom. The van der Waals surface area contributed by atoms with Gasteiger partial charge in [-0.2, -0.15) is 8.78 Å². The minimum Gasteiger partial charge on any atom is -0.458 e. The maximum absolute atomic E-state index is 14.0. The number of halogens is 5. The average molecular weight is 368 g/mol. The van der Waals surface area contributed by atoms with Crippen LogP contribution in [-0.4, -0.2) is 0 Å². The quantitative estimate of drug-likeness (QED) is 0.278. The number of rotatable bonds is 4.